The van der Waals surface area contributed by atoms with E-state index >= 15 is 0 Å². The zero-order valence-electron chi connectivity index (χ0n) is 11.4. The van der Waals surface area contributed by atoms with Crippen molar-refractivity contribution in [3.63, 3.8) is 0 Å². The van der Waals surface area contributed by atoms with Crippen molar-refractivity contribution >= 4 is 0 Å². The Morgan fingerprint density at radius 3 is 2.29 bits per heavy atom. The third-order valence-corrected chi connectivity index (χ3v) is 4.26. The van der Waals surface area contributed by atoms with E-state index in [0.717, 1.165) is 12.2 Å². The summed E-state index contributed by atoms with van der Waals surface area (Å²) in [6.45, 7) is 10.4. The number of rotatable bonds is 2. The highest BCUT2D eigenvalue weighted by Gasteiger charge is 2.49. The van der Waals surface area contributed by atoms with Gasteiger partial charge in [0.2, 0.25) is 0 Å². The van der Waals surface area contributed by atoms with Crippen molar-refractivity contribution in [2.75, 3.05) is 0 Å². The molecule has 0 aliphatic heterocycles. The summed E-state index contributed by atoms with van der Waals surface area (Å²) in [4.78, 5) is 0. The Morgan fingerprint density at radius 2 is 1.76 bits per heavy atom. The first-order valence-electron chi connectivity index (χ1n) is 6.25. The molecule has 0 bridgehead atoms. The van der Waals surface area contributed by atoms with Crippen molar-refractivity contribution in [1.29, 1.82) is 0 Å². The summed E-state index contributed by atoms with van der Waals surface area (Å²) in [6, 6.07) is 4.22. The second-order valence-electron chi connectivity index (χ2n) is 5.83. The van der Waals surface area contributed by atoms with Gasteiger partial charge in [0.25, 0.3) is 0 Å². The fourth-order valence-electron chi connectivity index (χ4n) is 2.31. The van der Waals surface area contributed by atoms with Crippen molar-refractivity contribution in [1.82, 2.24) is 0 Å². The van der Waals surface area contributed by atoms with Crippen LogP contribution in [0.2, 0.25) is 0 Å². The third-order valence-electron chi connectivity index (χ3n) is 4.26. The Bertz CT molecular complexity index is 435. The molecule has 0 aromatic heterocycles. The van der Waals surface area contributed by atoms with Crippen LogP contribution in [-0.4, -0.2) is 17.3 Å². The highest BCUT2D eigenvalue weighted by Crippen LogP contribution is 2.44. The first kappa shape index (κ1) is 12.4. The fourth-order valence-corrected chi connectivity index (χ4v) is 2.31. The van der Waals surface area contributed by atoms with Crippen LogP contribution in [0, 0.1) is 26.2 Å². The van der Waals surface area contributed by atoms with Gasteiger partial charge in [-0.1, -0.05) is 26.0 Å². The van der Waals surface area contributed by atoms with Crippen LogP contribution in [0.4, 0.5) is 0 Å². The summed E-state index contributed by atoms with van der Waals surface area (Å²) in [5.74, 6) is 0.995. The zero-order chi connectivity index (χ0) is 12.8. The summed E-state index contributed by atoms with van der Waals surface area (Å²) in [6.07, 6.45) is 0.620. The molecule has 1 aromatic carbocycles. The molecule has 0 heterocycles. The first-order chi connectivity index (χ1) is 7.84. The molecule has 17 heavy (non-hydrogen) atoms. The molecule has 2 rings (SSSR count). The van der Waals surface area contributed by atoms with Gasteiger partial charge in [0.05, 0.1) is 6.10 Å². The van der Waals surface area contributed by atoms with Crippen LogP contribution in [0.1, 0.15) is 37.0 Å². The number of ether oxygens (including phenoxy) is 1. The molecule has 1 fully saturated rings. The zero-order valence-corrected chi connectivity index (χ0v) is 11.4. The Morgan fingerprint density at radius 1 is 1.18 bits per heavy atom. The van der Waals surface area contributed by atoms with Crippen LogP contribution in [-0.2, 0) is 0 Å². The van der Waals surface area contributed by atoms with Gasteiger partial charge in [-0.3, -0.25) is 0 Å². The molecule has 1 aliphatic rings. The Balaban J connectivity index is 2.23. The van der Waals surface area contributed by atoms with Crippen LogP contribution in [0.3, 0.4) is 0 Å². The predicted molar refractivity (Wildman–Crippen MR) is 69.5 cm³/mol. The van der Waals surface area contributed by atoms with Crippen LogP contribution < -0.4 is 4.74 Å². The Labute approximate surface area is 104 Å². The highest BCUT2D eigenvalue weighted by atomic mass is 16.5. The van der Waals surface area contributed by atoms with Gasteiger partial charge in [0, 0.05) is 11.8 Å². The molecule has 2 heteroatoms. The molecule has 1 aliphatic carbocycles. The van der Waals surface area contributed by atoms with Crippen LogP contribution in [0.25, 0.3) is 0 Å². The minimum atomic E-state index is -0.238. The number of benzene rings is 1. The lowest BCUT2D eigenvalue weighted by Gasteiger charge is -2.48. The van der Waals surface area contributed by atoms with E-state index in [0.29, 0.717) is 0 Å². The molecule has 0 spiro atoms. The molecular formula is C15H22O2. The van der Waals surface area contributed by atoms with Gasteiger partial charge in [0.15, 0.2) is 0 Å². The molecule has 2 nitrogen and oxygen atoms in total. The van der Waals surface area contributed by atoms with E-state index in [1.807, 2.05) is 0 Å². The first-order valence-corrected chi connectivity index (χ1v) is 6.25. The lowest BCUT2D eigenvalue weighted by atomic mass is 9.66. The van der Waals surface area contributed by atoms with Crippen molar-refractivity contribution in [3.8, 4) is 5.75 Å². The molecular weight excluding hydrogens is 212 g/mol. The maximum atomic E-state index is 9.74. The lowest BCUT2D eigenvalue weighted by Crippen LogP contribution is -2.56. The van der Waals surface area contributed by atoms with E-state index < -0.39 is 0 Å². The summed E-state index contributed by atoms with van der Waals surface area (Å²) >= 11 is 0. The number of aliphatic hydroxyl groups is 1. The average Bonchev–Trinajstić information content (AvgIpc) is 2.28. The molecule has 1 saturated carbocycles. The summed E-state index contributed by atoms with van der Waals surface area (Å²) in [7, 11) is 0. The second kappa shape index (κ2) is 4.02. The van der Waals surface area contributed by atoms with Gasteiger partial charge in [0.1, 0.15) is 11.9 Å². The Kier molecular flexibility index (Phi) is 2.94. The SMILES string of the molecule is Cc1ccc(C)c(OC2CC(O)C2(C)C)c1C. The quantitative estimate of drug-likeness (QED) is 0.851. The minimum Gasteiger partial charge on any atom is -0.489 e. The molecule has 0 radical (unpaired) electrons. The molecule has 1 N–H and O–H groups in total. The number of hydrogen-bond acceptors (Lipinski definition) is 2. The molecule has 0 amide bonds. The number of hydrogen-bond donors (Lipinski definition) is 1. The van der Waals surface area contributed by atoms with Gasteiger partial charge in [-0.2, -0.15) is 0 Å². The maximum Gasteiger partial charge on any atom is 0.125 e. The van der Waals surface area contributed by atoms with E-state index in [4.69, 9.17) is 4.74 Å². The van der Waals surface area contributed by atoms with Gasteiger partial charge < -0.3 is 9.84 Å². The summed E-state index contributed by atoms with van der Waals surface area (Å²) < 4.78 is 6.12. The van der Waals surface area contributed by atoms with Crippen LogP contribution in [0.15, 0.2) is 12.1 Å². The minimum absolute atomic E-state index is 0.122. The third kappa shape index (κ3) is 1.95. The second-order valence-corrected chi connectivity index (χ2v) is 5.83. The molecule has 0 saturated heterocycles. The van der Waals surface area contributed by atoms with Crippen molar-refractivity contribution < 1.29 is 9.84 Å². The van der Waals surface area contributed by atoms with Crippen LogP contribution >= 0.6 is 0 Å². The van der Waals surface area contributed by atoms with E-state index in [1.54, 1.807) is 0 Å². The topological polar surface area (TPSA) is 29.5 Å². The number of aliphatic hydroxyl groups excluding tert-OH is 1. The summed E-state index contributed by atoms with van der Waals surface area (Å²) in [5, 5.41) is 9.74. The highest BCUT2D eigenvalue weighted by molar-refractivity contribution is 5.44. The monoisotopic (exact) mass is 234 g/mol. The van der Waals surface area contributed by atoms with Crippen molar-refractivity contribution in [3.05, 3.63) is 28.8 Å². The van der Waals surface area contributed by atoms with Crippen molar-refractivity contribution in [2.45, 2.75) is 53.2 Å². The lowest BCUT2D eigenvalue weighted by molar-refractivity contribution is -0.134. The van der Waals surface area contributed by atoms with E-state index in [9.17, 15) is 5.11 Å². The number of aryl methyl sites for hydroxylation is 2. The van der Waals surface area contributed by atoms with E-state index in [1.165, 1.54) is 16.7 Å². The average molecular weight is 234 g/mol. The molecule has 1 aromatic rings. The van der Waals surface area contributed by atoms with Gasteiger partial charge in [-0.05, 0) is 37.5 Å². The van der Waals surface area contributed by atoms with Crippen LogP contribution in [0.5, 0.6) is 5.75 Å². The standard InChI is InChI=1S/C15H22O2/c1-9-6-7-10(2)14(11(9)3)17-13-8-12(16)15(13,4)5/h6-7,12-13,16H,8H2,1-5H3. The molecule has 94 valence electrons. The predicted octanol–water partition coefficient (Wildman–Crippen LogP) is 3.15. The maximum absolute atomic E-state index is 9.74. The van der Waals surface area contributed by atoms with Crippen molar-refractivity contribution in [2.24, 2.45) is 5.41 Å². The van der Waals surface area contributed by atoms with E-state index in [-0.39, 0.29) is 17.6 Å². The fraction of sp³-hybridized carbons (Fsp3) is 0.600. The largest absolute Gasteiger partial charge is 0.489 e. The van der Waals surface area contributed by atoms with E-state index in [2.05, 4.69) is 46.8 Å². The molecule has 2 unspecified atom stereocenters. The van der Waals surface area contributed by atoms with Gasteiger partial charge in [-0.15, -0.1) is 0 Å². The summed E-state index contributed by atoms with van der Waals surface area (Å²) in [5.41, 5.74) is 3.50. The van der Waals surface area contributed by atoms with Gasteiger partial charge in [-0.25, -0.2) is 0 Å². The normalized spacial score (nSPS) is 26.5. The van der Waals surface area contributed by atoms with Gasteiger partial charge >= 0.3 is 0 Å². The molecule has 2 atom stereocenters. The Hall–Kier alpha value is -1.02. The smallest absolute Gasteiger partial charge is 0.125 e.